The van der Waals surface area contributed by atoms with Gasteiger partial charge in [-0.1, -0.05) is 6.42 Å². The molecular weight excluding hydrogens is 198 g/mol. The van der Waals surface area contributed by atoms with Crippen LogP contribution in [0.5, 0.6) is 0 Å². The van der Waals surface area contributed by atoms with E-state index in [1.165, 1.54) is 24.8 Å². The zero-order chi connectivity index (χ0) is 9.97. The van der Waals surface area contributed by atoms with E-state index in [4.69, 9.17) is 11.6 Å². The number of hydrogen-bond acceptors (Lipinski definition) is 3. The van der Waals surface area contributed by atoms with Crippen molar-refractivity contribution in [2.45, 2.75) is 32.2 Å². The molecule has 2 heterocycles. The average Bonchev–Trinajstić information content (AvgIpc) is 2.19. The molecular formula is C10H14ClN3. The Morgan fingerprint density at radius 2 is 2.36 bits per heavy atom. The Balaban J connectivity index is 2.22. The first-order valence-electron chi connectivity index (χ1n) is 5.00. The number of rotatable bonds is 1. The summed E-state index contributed by atoms with van der Waals surface area (Å²) in [7, 11) is 0. The third kappa shape index (κ3) is 2.04. The van der Waals surface area contributed by atoms with Gasteiger partial charge in [0.15, 0.2) is 0 Å². The SMILES string of the molecule is Cc1nc(Cl)ncc1C1CCCCN1. The topological polar surface area (TPSA) is 37.8 Å². The molecule has 4 heteroatoms. The van der Waals surface area contributed by atoms with E-state index in [2.05, 4.69) is 15.3 Å². The van der Waals surface area contributed by atoms with E-state index in [1.54, 1.807) is 0 Å². The molecule has 0 aliphatic carbocycles. The summed E-state index contributed by atoms with van der Waals surface area (Å²) in [5, 5.41) is 3.81. The van der Waals surface area contributed by atoms with Crippen LogP contribution < -0.4 is 5.32 Å². The summed E-state index contributed by atoms with van der Waals surface area (Å²) in [6.07, 6.45) is 5.56. The normalized spacial score (nSPS) is 22.3. The van der Waals surface area contributed by atoms with Gasteiger partial charge in [0.2, 0.25) is 5.28 Å². The Bertz CT molecular complexity index is 321. The van der Waals surface area contributed by atoms with Gasteiger partial charge in [-0.05, 0) is 37.9 Å². The molecule has 2 rings (SSSR count). The molecule has 1 aliphatic rings. The van der Waals surface area contributed by atoms with Crippen molar-refractivity contribution in [3.63, 3.8) is 0 Å². The molecule has 0 saturated carbocycles. The number of nitrogens with one attached hydrogen (secondary N) is 1. The van der Waals surface area contributed by atoms with E-state index in [0.29, 0.717) is 11.3 Å². The minimum absolute atomic E-state index is 0.335. The van der Waals surface area contributed by atoms with Gasteiger partial charge in [-0.2, -0.15) is 0 Å². The quantitative estimate of drug-likeness (QED) is 0.725. The molecule has 14 heavy (non-hydrogen) atoms. The lowest BCUT2D eigenvalue weighted by molar-refractivity contribution is 0.409. The highest BCUT2D eigenvalue weighted by Gasteiger charge is 2.17. The molecule has 1 fully saturated rings. The van der Waals surface area contributed by atoms with Gasteiger partial charge < -0.3 is 5.32 Å². The first kappa shape index (κ1) is 9.87. The van der Waals surface area contributed by atoms with Crippen LogP contribution in [-0.4, -0.2) is 16.5 Å². The highest BCUT2D eigenvalue weighted by molar-refractivity contribution is 6.28. The van der Waals surface area contributed by atoms with E-state index in [-0.39, 0.29) is 0 Å². The largest absolute Gasteiger partial charge is 0.310 e. The molecule has 3 nitrogen and oxygen atoms in total. The molecule has 1 aliphatic heterocycles. The summed E-state index contributed by atoms with van der Waals surface area (Å²) < 4.78 is 0. The fourth-order valence-corrected chi connectivity index (χ4v) is 2.08. The summed E-state index contributed by atoms with van der Waals surface area (Å²) in [6.45, 7) is 3.08. The van der Waals surface area contributed by atoms with Crippen molar-refractivity contribution >= 4 is 11.6 Å². The van der Waals surface area contributed by atoms with E-state index in [0.717, 1.165) is 12.2 Å². The molecule has 1 unspecified atom stereocenters. The molecule has 1 aromatic heterocycles. The fourth-order valence-electron chi connectivity index (χ4n) is 1.91. The van der Waals surface area contributed by atoms with Crippen molar-refractivity contribution < 1.29 is 0 Å². The minimum Gasteiger partial charge on any atom is -0.310 e. The maximum absolute atomic E-state index is 5.71. The lowest BCUT2D eigenvalue weighted by Gasteiger charge is -2.24. The van der Waals surface area contributed by atoms with Crippen LogP contribution in [0.1, 0.15) is 36.6 Å². The van der Waals surface area contributed by atoms with Crippen molar-refractivity contribution in [2.24, 2.45) is 0 Å². The number of nitrogens with zero attached hydrogens (tertiary/aromatic N) is 2. The third-order valence-electron chi connectivity index (χ3n) is 2.67. The Morgan fingerprint density at radius 3 is 3.00 bits per heavy atom. The summed E-state index contributed by atoms with van der Waals surface area (Å²) in [4.78, 5) is 8.19. The summed E-state index contributed by atoms with van der Waals surface area (Å²) in [6, 6.07) is 0.418. The predicted molar refractivity (Wildman–Crippen MR) is 56.4 cm³/mol. The van der Waals surface area contributed by atoms with Crippen molar-refractivity contribution in [1.82, 2.24) is 15.3 Å². The third-order valence-corrected chi connectivity index (χ3v) is 2.86. The fraction of sp³-hybridized carbons (Fsp3) is 0.600. The summed E-state index contributed by atoms with van der Waals surface area (Å²) in [5.74, 6) is 0. The van der Waals surface area contributed by atoms with Gasteiger partial charge in [-0.3, -0.25) is 0 Å². The van der Waals surface area contributed by atoms with Gasteiger partial charge in [0.25, 0.3) is 0 Å². The summed E-state index contributed by atoms with van der Waals surface area (Å²) >= 11 is 5.71. The molecule has 1 N–H and O–H groups in total. The molecule has 76 valence electrons. The van der Waals surface area contributed by atoms with Gasteiger partial charge in [0.1, 0.15) is 0 Å². The minimum atomic E-state index is 0.335. The molecule has 0 aromatic carbocycles. The van der Waals surface area contributed by atoms with Crippen LogP contribution in [0.25, 0.3) is 0 Å². The molecule has 0 amide bonds. The van der Waals surface area contributed by atoms with Crippen molar-refractivity contribution in [2.75, 3.05) is 6.54 Å². The van der Waals surface area contributed by atoms with Crippen LogP contribution in [0.4, 0.5) is 0 Å². The van der Waals surface area contributed by atoms with Crippen molar-refractivity contribution in [1.29, 1.82) is 0 Å². The Labute approximate surface area is 88.9 Å². The Morgan fingerprint density at radius 1 is 1.50 bits per heavy atom. The standard InChI is InChI=1S/C10H14ClN3/c1-7-8(6-13-10(11)14-7)9-4-2-3-5-12-9/h6,9,12H,2-5H2,1H3. The van der Waals surface area contributed by atoms with Crippen LogP contribution in [0.2, 0.25) is 5.28 Å². The summed E-state index contributed by atoms with van der Waals surface area (Å²) in [5.41, 5.74) is 2.18. The van der Waals surface area contributed by atoms with Crippen LogP contribution in [0.15, 0.2) is 6.20 Å². The maximum atomic E-state index is 5.71. The van der Waals surface area contributed by atoms with Crippen molar-refractivity contribution in [3.05, 3.63) is 22.7 Å². The Hall–Kier alpha value is -0.670. The second kappa shape index (κ2) is 4.24. The number of aryl methyl sites for hydroxylation is 1. The lowest BCUT2D eigenvalue weighted by atomic mass is 9.98. The zero-order valence-corrected chi connectivity index (χ0v) is 9.01. The van der Waals surface area contributed by atoms with Gasteiger partial charge >= 0.3 is 0 Å². The number of piperidine rings is 1. The van der Waals surface area contributed by atoms with Crippen LogP contribution in [0, 0.1) is 6.92 Å². The lowest BCUT2D eigenvalue weighted by Crippen LogP contribution is -2.27. The zero-order valence-electron chi connectivity index (χ0n) is 8.26. The van der Waals surface area contributed by atoms with Gasteiger partial charge in [0, 0.05) is 23.5 Å². The van der Waals surface area contributed by atoms with Gasteiger partial charge in [-0.15, -0.1) is 0 Å². The molecule has 0 bridgehead atoms. The smallest absolute Gasteiger partial charge is 0.222 e. The van der Waals surface area contributed by atoms with Gasteiger partial charge in [0.05, 0.1) is 0 Å². The molecule has 1 atom stereocenters. The number of hydrogen-bond donors (Lipinski definition) is 1. The molecule has 0 spiro atoms. The van der Waals surface area contributed by atoms with Crippen LogP contribution >= 0.6 is 11.6 Å². The maximum Gasteiger partial charge on any atom is 0.222 e. The molecule has 1 saturated heterocycles. The van der Waals surface area contributed by atoms with E-state index < -0.39 is 0 Å². The highest BCUT2D eigenvalue weighted by Crippen LogP contribution is 2.24. The van der Waals surface area contributed by atoms with Crippen molar-refractivity contribution in [3.8, 4) is 0 Å². The second-order valence-electron chi connectivity index (χ2n) is 3.68. The monoisotopic (exact) mass is 211 g/mol. The highest BCUT2D eigenvalue weighted by atomic mass is 35.5. The van der Waals surface area contributed by atoms with E-state index >= 15 is 0 Å². The Kier molecular flexibility index (Phi) is 2.99. The van der Waals surface area contributed by atoms with Crippen LogP contribution in [-0.2, 0) is 0 Å². The predicted octanol–water partition coefficient (Wildman–Crippen LogP) is 2.25. The van der Waals surface area contributed by atoms with E-state index in [1.807, 2.05) is 13.1 Å². The van der Waals surface area contributed by atoms with Crippen LogP contribution in [0.3, 0.4) is 0 Å². The first-order chi connectivity index (χ1) is 6.77. The molecule has 1 aromatic rings. The molecule has 0 radical (unpaired) electrons. The first-order valence-corrected chi connectivity index (χ1v) is 5.37. The number of aromatic nitrogens is 2. The second-order valence-corrected chi connectivity index (χ2v) is 4.02. The number of halogens is 1. The van der Waals surface area contributed by atoms with Gasteiger partial charge in [-0.25, -0.2) is 9.97 Å². The van der Waals surface area contributed by atoms with E-state index in [9.17, 15) is 0 Å². The average molecular weight is 212 g/mol.